The number of nitrogens with zero attached hydrogens (tertiary/aromatic N) is 4. The first-order valence-electron chi connectivity index (χ1n) is 7.98. The van der Waals surface area contributed by atoms with Gasteiger partial charge >= 0.3 is 6.09 Å². The van der Waals surface area contributed by atoms with E-state index in [-0.39, 0.29) is 6.09 Å². The first kappa shape index (κ1) is 16.8. The molecule has 6 nitrogen and oxygen atoms in total. The SMILES string of the molecule is CC(C)(C)OC(=O)N1CCN(c2nc(Cl)cc3ncccc23)CC1. The largest absolute Gasteiger partial charge is 0.444 e. The quantitative estimate of drug-likeness (QED) is 0.740. The van der Waals surface area contributed by atoms with Gasteiger partial charge in [0.2, 0.25) is 0 Å². The molecular formula is C17H21ClN4O2. The molecule has 128 valence electrons. The number of aromatic nitrogens is 2. The Morgan fingerprint density at radius 1 is 1.25 bits per heavy atom. The van der Waals surface area contributed by atoms with E-state index in [2.05, 4.69) is 14.9 Å². The Labute approximate surface area is 146 Å². The van der Waals surface area contributed by atoms with Gasteiger partial charge in [-0.2, -0.15) is 0 Å². The fraction of sp³-hybridized carbons (Fsp3) is 0.471. The van der Waals surface area contributed by atoms with Gasteiger partial charge in [-0.1, -0.05) is 11.6 Å². The van der Waals surface area contributed by atoms with Gasteiger partial charge in [-0.25, -0.2) is 9.78 Å². The standard InChI is InChI=1S/C17H21ClN4O2/c1-17(2,3)24-16(23)22-9-7-21(8-10-22)15-12-5-4-6-19-13(12)11-14(18)20-15/h4-6,11H,7-10H2,1-3H3. The molecule has 3 heterocycles. The summed E-state index contributed by atoms with van der Waals surface area (Å²) in [7, 11) is 0. The lowest BCUT2D eigenvalue weighted by molar-refractivity contribution is 0.0240. The topological polar surface area (TPSA) is 58.6 Å². The maximum absolute atomic E-state index is 12.2. The van der Waals surface area contributed by atoms with Crippen molar-refractivity contribution in [3.63, 3.8) is 0 Å². The molecule has 0 saturated carbocycles. The van der Waals surface area contributed by atoms with Gasteiger partial charge in [0.05, 0.1) is 5.52 Å². The van der Waals surface area contributed by atoms with E-state index >= 15 is 0 Å². The molecule has 7 heteroatoms. The number of carbonyl (C=O) groups is 1. The Morgan fingerprint density at radius 2 is 1.96 bits per heavy atom. The zero-order chi connectivity index (χ0) is 17.3. The Hall–Kier alpha value is -2.08. The van der Waals surface area contributed by atoms with Crippen LogP contribution in [0.25, 0.3) is 10.9 Å². The third-order valence-electron chi connectivity index (χ3n) is 3.78. The van der Waals surface area contributed by atoms with Crippen LogP contribution in [0.5, 0.6) is 0 Å². The molecule has 0 atom stereocenters. The van der Waals surface area contributed by atoms with Crippen LogP contribution in [-0.4, -0.2) is 52.7 Å². The Kier molecular flexibility index (Phi) is 4.49. The van der Waals surface area contributed by atoms with Gasteiger partial charge in [0.15, 0.2) is 0 Å². The summed E-state index contributed by atoms with van der Waals surface area (Å²) in [6.45, 7) is 8.14. The fourth-order valence-corrected chi connectivity index (χ4v) is 2.88. The van der Waals surface area contributed by atoms with Crippen LogP contribution in [0.15, 0.2) is 24.4 Å². The van der Waals surface area contributed by atoms with Gasteiger partial charge in [0.25, 0.3) is 0 Å². The van der Waals surface area contributed by atoms with Crippen LogP contribution in [0.1, 0.15) is 20.8 Å². The van der Waals surface area contributed by atoms with Gasteiger partial charge in [0.1, 0.15) is 16.6 Å². The second kappa shape index (κ2) is 6.43. The van der Waals surface area contributed by atoms with E-state index in [1.54, 1.807) is 17.2 Å². The molecule has 1 aliphatic heterocycles. The van der Waals surface area contributed by atoms with E-state index in [0.717, 1.165) is 16.7 Å². The first-order valence-corrected chi connectivity index (χ1v) is 8.35. The Bertz CT molecular complexity index is 752. The van der Waals surface area contributed by atoms with Gasteiger partial charge in [0, 0.05) is 43.8 Å². The highest BCUT2D eigenvalue weighted by Gasteiger charge is 2.27. The average Bonchev–Trinajstić information content (AvgIpc) is 2.52. The maximum Gasteiger partial charge on any atom is 0.410 e. The zero-order valence-corrected chi connectivity index (χ0v) is 14.9. The van der Waals surface area contributed by atoms with E-state index < -0.39 is 5.60 Å². The molecule has 1 saturated heterocycles. The summed E-state index contributed by atoms with van der Waals surface area (Å²) >= 11 is 6.13. The molecule has 0 unspecified atom stereocenters. The van der Waals surface area contributed by atoms with Crippen molar-refractivity contribution in [3.05, 3.63) is 29.5 Å². The van der Waals surface area contributed by atoms with Crippen molar-refractivity contribution in [2.24, 2.45) is 0 Å². The molecule has 3 rings (SSSR count). The van der Waals surface area contributed by atoms with Crippen LogP contribution in [0.2, 0.25) is 5.15 Å². The Balaban J connectivity index is 1.75. The zero-order valence-electron chi connectivity index (χ0n) is 14.1. The lowest BCUT2D eigenvalue weighted by Gasteiger charge is -2.36. The minimum atomic E-state index is -0.482. The van der Waals surface area contributed by atoms with Crippen molar-refractivity contribution in [1.82, 2.24) is 14.9 Å². The van der Waals surface area contributed by atoms with Crippen LogP contribution < -0.4 is 4.90 Å². The van der Waals surface area contributed by atoms with Gasteiger partial charge in [-0.15, -0.1) is 0 Å². The smallest absolute Gasteiger partial charge is 0.410 e. The molecular weight excluding hydrogens is 328 g/mol. The van der Waals surface area contributed by atoms with Crippen LogP contribution in [0.3, 0.4) is 0 Å². The second-order valence-electron chi connectivity index (χ2n) is 6.79. The van der Waals surface area contributed by atoms with Crippen molar-refractivity contribution < 1.29 is 9.53 Å². The molecule has 24 heavy (non-hydrogen) atoms. The molecule has 0 bridgehead atoms. The minimum absolute atomic E-state index is 0.271. The van der Waals surface area contributed by atoms with Crippen LogP contribution in [-0.2, 0) is 4.74 Å². The van der Waals surface area contributed by atoms with E-state index in [4.69, 9.17) is 16.3 Å². The van der Waals surface area contributed by atoms with Crippen molar-refractivity contribution in [2.75, 3.05) is 31.1 Å². The molecule has 2 aromatic rings. The maximum atomic E-state index is 12.2. The molecule has 1 amide bonds. The predicted octanol–water partition coefficient (Wildman–Crippen LogP) is 3.34. The first-order chi connectivity index (χ1) is 11.3. The number of hydrogen-bond donors (Lipinski definition) is 0. The number of fused-ring (bicyclic) bond motifs is 1. The predicted molar refractivity (Wildman–Crippen MR) is 94.6 cm³/mol. The van der Waals surface area contributed by atoms with Crippen molar-refractivity contribution in [3.8, 4) is 0 Å². The molecule has 1 fully saturated rings. The highest BCUT2D eigenvalue weighted by Crippen LogP contribution is 2.27. The summed E-state index contributed by atoms with van der Waals surface area (Å²) in [6.07, 6.45) is 1.47. The molecule has 0 aromatic carbocycles. The monoisotopic (exact) mass is 348 g/mol. The fourth-order valence-electron chi connectivity index (χ4n) is 2.70. The summed E-state index contributed by atoms with van der Waals surface area (Å²) in [4.78, 5) is 24.8. The molecule has 2 aromatic heterocycles. The number of halogens is 1. The van der Waals surface area contributed by atoms with Crippen LogP contribution in [0.4, 0.5) is 10.6 Å². The summed E-state index contributed by atoms with van der Waals surface area (Å²) < 4.78 is 5.43. The third-order valence-corrected chi connectivity index (χ3v) is 3.97. The minimum Gasteiger partial charge on any atom is -0.444 e. The summed E-state index contributed by atoms with van der Waals surface area (Å²) in [5.41, 5.74) is 0.340. The van der Waals surface area contributed by atoms with Gasteiger partial charge in [-0.3, -0.25) is 4.98 Å². The third kappa shape index (κ3) is 3.70. The summed E-state index contributed by atoms with van der Waals surface area (Å²) in [6, 6.07) is 5.64. The van der Waals surface area contributed by atoms with E-state index in [1.807, 2.05) is 32.9 Å². The van der Waals surface area contributed by atoms with Crippen LogP contribution >= 0.6 is 11.6 Å². The molecule has 0 radical (unpaired) electrons. The number of ether oxygens (including phenoxy) is 1. The molecule has 0 spiro atoms. The summed E-state index contributed by atoms with van der Waals surface area (Å²) in [5, 5.41) is 1.39. The highest BCUT2D eigenvalue weighted by atomic mass is 35.5. The molecule has 1 aliphatic rings. The van der Waals surface area contributed by atoms with Crippen molar-refractivity contribution >= 4 is 34.4 Å². The number of pyridine rings is 2. The van der Waals surface area contributed by atoms with Crippen molar-refractivity contribution in [1.29, 1.82) is 0 Å². The van der Waals surface area contributed by atoms with Crippen LogP contribution in [0, 0.1) is 0 Å². The molecule has 0 N–H and O–H groups in total. The number of rotatable bonds is 1. The lowest BCUT2D eigenvalue weighted by Crippen LogP contribution is -2.50. The van der Waals surface area contributed by atoms with E-state index in [0.29, 0.717) is 31.3 Å². The number of hydrogen-bond acceptors (Lipinski definition) is 5. The lowest BCUT2D eigenvalue weighted by atomic mass is 10.2. The second-order valence-corrected chi connectivity index (χ2v) is 7.18. The summed E-state index contributed by atoms with van der Waals surface area (Å²) in [5.74, 6) is 0.814. The number of carbonyl (C=O) groups excluding carboxylic acids is 1. The number of amides is 1. The highest BCUT2D eigenvalue weighted by molar-refractivity contribution is 6.30. The van der Waals surface area contributed by atoms with Gasteiger partial charge in [-0.05, 0) is 32.9 Å². The van der Waals surface area contributed by atoms with E-state index in [9.17, 15) is 4.79 Å². The number of piperazine rings is 1. The average molecular weight is 349 g/mol. The normalized spacial score (nSPS) is 15.7. The molecule has 0 aliphatic carbocycles. The number of anilines is 1. The van der Waals surface area contributed by atoms with Crippen molar-refractivity contribution in [2.45, 2.75) is 26.4 Å². The van der Waals surface area contributed by atoms with Gasteiger partial charge < -0.3 is 14.5 Å². The Morgan fingerprint density at radius 3 is 2.62 bits per heavy atom. The van der Waals surface area contributed by atoms with E-state index in [1.165, 1.54) is 0 Å².